The number of hydrogen-bond donors (Lipinski definition) is 30. The molecule has 0 aromatic heterocycles. The highest BCUT2D eigenvalue weighted by Crippen LogP contribution is 2.42. The van der Waals surface area contributed by atoms with Crippen molar-refractivity contribution in [2.75, 3.05) is 52.9 Å². The standard InChI is InChI=1S/C66H111N3O49/c1-14-30(81)37(88)42(93)61(100-14)114-52-28(68-17(4)79)59(108-25(12-76)50(52)112-63-44(95)39(90)32(83)19(6-70)103-63)117-55-34(85)20(7-71)104-64(45(55)96)110-48-24(11-75)107-58(27(36(48)87)67-16(3)78)116-54-33(84)22(9-73)106-66(47(54)98)113-51-26(13-77)109-60(29(69-18(5)80)53(51)115-62-43(94)38(89)31(82)15(2)101-62)118-56-35(86)21(8-72)105-65(46(56)97)111-49-23(10-74)102-57(99)41(92)40(49)91/h14-15,19-66,70-77,81-99H,6-13H2,1-5H3,(H,67,78)(H,68,79)(H,69,80)/t14-,15-,19+,20+,21+,22+,23+,24+,25+,26+,27+,28+,29+,30+,31+,32-,33-,34-,35-,36+,37+,38+,39-,40+,41+,42-,43-,44+,45+,46+,47+,48+,49+,50+,51+,52+,53+,54-,55-,56-,57+,58-,59-,60-,61-,62-,63-,64-,65-,66-/m0/s1. The van der Waals surface area contributed by atoms with Gasteiger partial charge < -0.3 is 244 Å². The van der Waals surface area contributed by atoms with Crippen LogP contribution >= 0.6 is 0 Å². The second kappa shape index (κ2) is 41.8. The smallest absolute Gasteiger partial charge is 0.217 e. The fraction of sp³-hybridized carbons (Fsp3) is 0.955. The molecule has 10 aliphatic heterocycles. The zero-order chi connectivity index (χ0) is 86.8. The van der Waals surface area contributed by atoms with Gasteiger partial charge in [-0.2, -0.15) is 0 Å². The highest BCUT2D eigenvalue weighted by molar-refractivity contribution is 5.74. The Balaban J connectivity index is 0.915. The van der Waals surface area contributed by atoms with Crippen LogP contribution in [-0.2, 0) is 104 Å². The summed E-state index contributed by atoms with van der Waals surface area (Å²) in [6.07, 6.45) is -96.1. The van der Waals surface area contributed by atoms with Crippen LogP contribution in [0.1, 0.15) is 34.6 Å². The molecule has 52 heteroatoms. The van der Waals surface area contributed by atoms with Gasteiger partial charge in [0.25, 0.3) is 0 Å². The van der Waals surface area contributed by atoms with Crippen LogP contribution in [0.25, 0.3) is 0 Å². The molecule has 0 saturated carbocycles. The molecule has 118 heavy (non-hydrogen) atoms. The van der Waals surface area contributed by atoms with Gasteiger partial charge in [0.05, 0.1) is 65.1 Å². The Morgan fingerprint density at radius 1 is 0.220 bits per heavy atom. The first kappa shape index (κ1) is 96.8. The highest BCUT2D eigenvalue weighted by Gasteiger charge is 2.63. The van der Waals surface area contributed by atoms with E-state index in [2.05, 4.69) is 16.0 Å². The van der Waals surface area contributed by atoms with Crippen molar-refractivity contribution in [1.29, 1.82) is 0 Å². The number of aliphatic hydroxyl groups excluding tert-OH is 27. The van der Waals surface area contributed by atoms with E-state index in [0.29, 0.717) is 0 Å². The maximum atomic E-state index is 13.4. The van der Waals surface area contributed by atoms with Crippen LogP contribution in [0, 0.1) is 0 Å². The lowest BCUT2D eigenvalue weighted by Crippen LogP contribution is -2.72. The number of ether oxygens (including phenoxy) is 19. The zero-order valence-corrected chi connectivity index (χ0v) is 63.6. The first-order valence-corrected chi connectivity index (χ1v) is 37.9. The maximum absolute atomic E-state index is 13.4. The van der Waals surface area contributed by atoms with E-state index >= 15 is 0 Å². The molecule has 10 fully saturated rings. The molecule has 0 spiro atoms. The molecule has 50 atom stereocenters. The van der Waals surface area contributed by atoms with Gasteiger partial charge in [-0.05, 0) is 13.8 Å². The first-order chi connectivity index (χ1) is 55.8. The molecule has 684 valence electrons. The SMILES string of the molecule is CC(=O)N[C@H]1[C@H](O[C@H]2[C@@H](O)[C@@H](CO)O[C@@H](O[C@H]3[C@H](O[C@@H]4O[C@@H](C)[C@@H](O)[C@@H](O)[C@@H]4O)[C@@H](NC(C)=O)[C@H](O[C@H]4[C@@H](O)[C@@H](CO)O[C@@H](O[C@H]5[C@H](O)[C@@H](O)[C@H](O)O[C@@H]5CO)[C@@H]4O)O[C@@H]3CO)[C@@H]2O)O[C@H](CO)[C@@H](O[C@@H]2O[C@H](CO)[C@H](O)[C@H](O[C@@H]3O[C@H](CO)[C@@H](O[C@@H]4O[C@H](CO)[C@H](O)[C@H](O)[C@H]4O)[C@H](O[C@@H]4O[C@@H](C)[C@@H](O)[C@@H](O)[C@@H]4O)[C@H]3NC(C)=O)[C@H]2O)[C@@H]1O. The zero-order valence-electron chi connectivity index (χ0n) is 63.6. The summed E-state index contributed by atoms with van der Waals surface area (Å²) >= 11 is 0. The van der Waals surface area contributed by atoms with Crippen LogP contribution in [0.3, 0.4) is 0 Å². The summed E-state index contributed by atoms with van der Waals surface area (Å²) in [4.78, 5) is 39.9. The largest absolute Gasteiger partial charge is 0.394 e. The van der Waals surface area contributed by atoms with Crippen molar-refractivity contribution < 1.29 is 242 Å². The van der Waals surface area contributed by atoms with Crippen LogP contribution in [-0.4, -0.2) is 515 Å². The van der Waals surface area contributed by atoms with Crippen LogP contribution in [0.2, 0.25) is 0 Å². The molecule has 0 radical (unpaired) electrons. The van der Waals surface area contributed by atoms with E-state index in [4.69, 9.17) is 90.0 Å². The Morgan fingerprint density at radius 3 is 0.788 bits per heavy atom. The van der Waals surface area contributed by atoms with Gasteiger partial charge in [0.1, 0.15) is 232 Å². The number of nitrogens with one attached hydrogen (secondary N) is 3. The van der Waals surface area contributed by atoms with E-state index in [-0.39, 0.29) is 0 Å². The minimum atomic E-state index is -2.47. The minimum absolute atomic E-state index is 0.914. The Labute approximate surface area is 668 Å². The van der Waals surface area contributed by atoms with Gasteiger partial charge in [0.15, 0.2) is 62.9 Å². The van der Waals surface area contributed by atoms with E-state index in [0.717, 1.165) is 20.8 Å². The number of carbonyl (C=O) groups excluding carboxylic acids is 3. The van der Waals surface area contributed by atoms with Crippen molar-refractivity contribution >= 4 is 17.7 Å². The Hall–Kier alpha value is -3.43. The summed E-state index contributed by atoms with van der Waals surface area (Å²) in [7, 11) is 0. The third-order valence-electron chi connectivity index (χ3n) is 22.0. The van der Waals surface area contributed by atoms with Gasteiger partial charge in [-0.1, -0.05) is 0 Å². The second-order valence-electron chi connectivity index (χ2n) is 30.2. The van der Waals surface area contributed by atoms with E-state index in [1.54, 1.807) is 0 Å². The van der Waals surface area contributed by atoms with Crippen LogP contribution in [0.4, 0.5) is 0 Å². The molecule has 10 saturated heterocycles. The first-order valence-electron chi connectivity index (χ1n) is 37.9. The summed E-state index contributed by atoms with van der Waals surface area (Å²) in [6, 6.07) is -5.97. The van der Waals surface area contributed by atoms with Gasteiger partial charge in [0, 0.05) is 20.8 Å². The molecule has 0 bridgehead atoms. The molecule has 10 rings (SSSR count). The third kappa shape index (κ3) is 20.6. The van der Waals surface area contributed by atoms with Crippen LogP contribution in [0.15, 0.2) is 0 Å². The van der Waals surface area contributed by atoms with Gasteiger partial charge in [-0.15, -0.1) is 0 Å². The topological polar surface area (TPSA) is 809 Å². The quantitative estimate of drug-likeness (QED) is 0.0331. The number of amides is 3. The summed E-state index contributed by atoms with van der Waals surface area (Å²) in [5.74, 6) is -2.95. The monoisotopic (exact) mass is 1730 g/mol. The lowest BCUT2D eigenvalue weighted by molar-refractivity contribution is -0.398. The minimum Gasteiger partial charge on any atom is -0.394 e. The van der Waals surface area contributed by atoms with Crippen molar-refractivity contribution in [3.63, 3.8) is 0 Å². The normalized spacial score (nSPS) is 51.1. The Kier molecular flexibility index (Phi) is 34.3. The fourth-order valence-electron chi connectivity index (χ4n) is 15.5. The molecule has 0 unspecified atom stereocenters. The molecular weight excluding hydrogens is 1620 g/mol. The Morgan fingerprint density at radius 2 is 0.458 bits per heavy atom. The average molecular weight is 1730 g/mol. The molecule has 3 amide bonds. The van der Waals surface area contributed by atoms with Crippen molar-refractivity contribution in [2.24, 2.45) is 0 Å². The molecule has 0 aliphatic carbocycles. The number of carbonyl (C=O) groups is 3. The number of hydrogen-bond acceptors (Lipinski definition) is 49. The van der Waals surface area contributed by atoms with Crippen molar-refractivity contribution in [3.8, 4) is 0 Å². The summed E-state index contributed by atoms with van der Waals surface area (Å²) < 4.78 is 113. The van der Waals surface area contributed by atoms with Gasteiger partial charge in [-0.25, -0.2) is 0 Å². The van der Waals surface area contributed by atoms with E-state index in [9.17, 15) is 152 Å². The summed E-state index contributed by atoms with van der Waals surface area (Å²) in [5, 5.41) is 307. The van der Waals surface area contributed by atoms with Crippen LogP contribution in [0.5, 0.6) is 0 Å². The van der Waals surface area contributed by atoms with Crippen molar-refractivity contribution in [3.05, 3.63) is 0 Å². The lowest BCUT2D eigenvalue weighted by atomic mass is 9.93. The van der Waals surface area contributed by atoms with Crippen molar-refractivity contribution in [2.45, 2.75) is 341 Å². The second-order valence-corrected chi connectivity index (χ2v) is 30.2. The van der Waals surface area contributed by atoms with Crippen molar-refractivity contribution in [1.82, 2.24) is 16.0 Å². The molecule has 0 aromatic rings. The number of aliphatic hydroxyl groups is 27. The van der Waals surface area contributed by atoms with Crippen LogP contribution < -0.4 is 16.0 Å². The average Bonchev–Trinajstić information content (AvgIpc) is 0.759. The lowest BCUT2D eigenvalue weighted by Gasteiger charge is -2.52. The van der Waals surface area contributed by atoms with E-state index in [1.165, 1.54) is 13.8 Å². The van der Waals surface area contributed by atoms with E-state index < -0.39 is 377 Å². The number of rotatable bonds is 29. The summed E-state index contributed by atoms with van der Waals surface area (Å²) in [5.41, 5.74) is 0. The molecule has 10 aliphatic rings. The van der Waals surface area contributed by atoms with E-state index in [1.807, 2.05) is 0 Å². The fourth-order valence-corrected chi connectivity index (χ4v) is 15.5. The highest BCUT2D eigenvalue weighted by atomic mass is 16.8. The maximum Gasteiger partial charge on any atom is 0.217 e. The molecular formula is C66H111N3O49. The predicted octanol–water partition coefficient (Wildman–Crippen LogP) is -20.3. The van der Waals surface area contributed by atoms with Gasteiger partial charge >= 0.3 is 0 Å². The molecule has 10 heterocycles. The van der Waals surface area contributed by atoms with Gasteiger partial charge in [-0.3, -0.25) is 14.4 Å². The predicted molar refractivity (Wildman–Crippen MR) is 362 cm³/mol. The Bertz CT molecular complexity index is 3140. The molecule has 0 aromatic carbocycles. The molecule has 30 N–H and O–H groups in total. The van der Waals surface area contributed by atoms with Gasteiger partial charge in [0.2, 0.25) is 17.7 Å². The third-order valence-corrected chi connectivity index (χ3v) is 22.0. The summed E-state index contributed by atoms with van der Waals surface area (Å²) in [6.45, 7) is -3.77. The molecule has 52 nitrogen and oxygen atoms in total.